The number of aromatic nitrogens is 5. The molecule has 1 saturated carbocycles. The molecule has 132 valence electrons. The first kappa shape index (κ1) is 16.6. The number of fused-ring (bicyclic) bond motifs is 1. The van der Waals surface area contributed by atoms with E-state index in [2.05, 4.69) is 28.6 Å². The first-order valence-electron chi connectivity index (χ1n) is 8.68. The number of aromatic amines is 1. The second-order valence-corrected chi connectivity index (χ2v) is 7.54. The van der Waals surface area contributed by atoms with Crippen molar-refractivity contribution in [1.82, 2.24) is 25.0 Å². The molecule has 1 aromatic carbocycles. The molecule has 2 unspecified atom stereocenters. The summed E-state index contributed by atoms with van der Waals surface area (Å²) in [4.78, 5) is 4.84. The number of ether oxygens (including phenoxy) is 1. The molecule has 2 heterocycles. The Labute approximate surface area is 151 Å². The largest absolute Gasteiger partial charge is 0.381 e. The number of methoxy groups -OCH3 is 1. The maximum Gasteiger partial charge on any atom is 0.152 e. The third-order valence-electron chi connectivity index (χ3n) is 5.01. The van der Waals surface area contributed by atoms with E-state index in [1.165, 1.54) is 6.42 Å². The van der Waals surface area contributed by atoms with Crippen molar-refractivity contribution in [3.63, 3.8) is 0 Å². The molecular weight excluding hydrogens is 334 g/mol. The van der Waals surface area contributed by atoms with E-state index in [9.17, 15) is 0 Å². The summed E-state index contributed by atoms with van der Waals surface area (Å²) in [6, 6.07) is 6.24. The van der Waals surface area contributed by atoms with E-state index in [1.807, 2.05) is 28.7 Å². The quantitative estimate of drug-likeness (QED) is 0.704. The lowest BCUT2D eigenvalue weighted by Crippen LogP contribution is -2.35. The molecule has 2 atom stereocenters. The molecule has 0 spiro atoms. The van der Waals surface area contributed by atoms with Crippen molar-refractivity contribution in [3.05, 3.63) is 36.0 Å². The highest BCUT2D eigenvalue weighted by Gasteiger charge is 2.32. The molecule has 1 fully saturated rings. The van der Waals surface area contributed by atoms with Gasteiger partial charge in [-0.15, -0.1) is 0 Å². The average Bonchev–Trinajstić information content (AvgIpc) is 3.23. The number of nitrogens with zero attached hydrogens (tertiary/aromatic N) is 4. The van der Waals surface area contributed by atoms with Crippen LogP contribution in [-0.4, -0.2) is 50.2 Å². The second kappa shape index (κ2) is 7.17. The molecular formula is C18H23N5OS. The minimum absolute atomic E-state index is 0.358. The molecule has 2 aromatic heterocycles. The van der Waals surface area contributed by atoms with Crippen molar-refractivity contribution in [2.75, 3.05) is 19.1 Å². The van der Waals surface area contributed by atoms with Crippen LogP contribution in [-0.2, 0) is 17.6 Å². The van der Waals surface area contributed by atoms with Gasteiger partial charge in [0.1, 0.15) is 5.82 Å². The minimum Gasteiger partial charge on any atom is -0.381 e. The molecule has 0 bridgehead atoms. The molecule has 3 aromatic rings. The van der Waals surface area contributed by atoms with Gasteiger partial charge >= 0.3 is 0 Å². The van der Waals surface area contributed by atoms with E-state index < -0.39 is 0 Å². The van der Waals surface area contributed by atoms with Crippen LogP contribution in [0.3, 0.4) is 0 Å². The lowest BCUT2D eigenvalue weighted by Gasteiger charge is -2.35. The number of aryl methyl sites for hydroxylation is 1. The third-order valence-corrected chi connectivity index (χ3v) is 5.62. The highest BCUT2D eigenvalue weighted by atomic mass is 32.2. The summed E-state index contributed by atoms with van der Waals surface area (Å²) >= 11 is 1.82. The lowest BCUT2D eigenvalue weighted by atomic mass is 9.79. The molecule has 1 aliphatic rings. The predicted molar refractivity (Wildman–Crippen MR) is 100 cm³/mol. The van der Waals surface area contributed by atoms with Gasteiger partial charge in [-0.2, -0.15) is 22.0 Å². The summed E-state index contributed by atoms with van der Waals surface area (Å²) in [6.07, 6.45) is 8.47. The first-order chi connectivity index (χ1) is 12.3. The number of H-pyrrole nitrogens is 1. The molecule has 25 heavy (non-hydrogen) atoms. The Bertz CT molecular complexity index is 856. The summed E-state index contributed by atoms with van der Waals surface area (Å²) in [5.41, 5.74) is 2.08. The van der Waals surface area contributed by atoms with Crippen LogP contribution in [0.15, 0.2) is 24.4 Å². The molecule has 4 rings (SSSR count). The van der Waals surface area contributed by atoms with Gasteiger partial charge in [0.2, 0.25) is 0 Å². The van der Waals surface area contributed by atoms with Crippen molar-refractivity contribution in [3.8, 4) is 5.69 Å². The number of rotatable bonds is 7. The van der Waals surface area contributed by atoms with Crippen molar-refractivity contribution < 1.29 is 4.74 Å². The summed E-state index contributed by atoms with van der Waals surface area (Å²) in [6.45, 7) is 0. The fourth-order valence-corrected chi connectivity index (χ4v) is 3.80. The smallest absolute Gasteiger partial charge is 0.152 e. The first-order valence-corrected chi connectivity index (χ1v) is 10.1. The van der Waals surface area contributed by atoms with Crippen molar-refractivity contribution in [2.24, 2.45) is 5.92 Å². The Morgan fingerprint density at radius 3 is 3.04 bits per heavy atom. The van der Waals surface area contributed by atoms with Crippen LogP contribution in [0.4, 0.5) is 0 Å². The second-order valence-electron chi connectivity index (χ2n) is 6.56. The van der Waals surface area contributed by atoms with Crippen LogP contribution in [0.25, 0.3) is 16.6 Å². The molecule has 0 aliphatic heterocycles. The van der Waals surface area contributed by atoms with Gasteiger partial charge in [-0.05, 0) is 43.2 Å². The standard InChI is InChI=1S/C18H23N5OS/c1-24-16-6-3-12(16)10-18-20-17(7-8-25-2)22-23(18)14-4-5-15-13(9-14)11-19-21-15/h4-5,9,11-12,16H,3,6-8,10H2,1-2H3,(H,19,21). The minimum atomic E-state index is 0.358. The Hall–Kier alpha value is -1.86. The molecule has 0 amide bonds. The number of nitrogens with one attached hydrogen (secondary N) is 1. The van der Waals surface area contributed by atoms with Crippen molar-refractivity contribution in [1.29, 1.82) is 0 Å². The lowest BCUT2D eigenvalue weighted by molar-refractivity contribution is -0.0167. The van der Waals surface area contributed by atoms with Gasteiger partial charge in [0.15, 0.2) is 5.82 Å². The van der Waals surface area contributed by atoms with Crippen LogP contribution in [0.1, 0.15) is 24.5 Å². The molecule has 6 nitrogen and oxygen atoms in total. The van der Waals surface area contributed by atoms with Crippen LogP contribution in [0, 0.1) is 5.92 Å². The van der Waals surface area contributed by atoms with Crippen LogP contribution in [0.5, 0.6) is 0 Å². The van der Waals surface area contributed by atoms with E-state index in [4.69, 9.17) is 14.8 Å². The van der Waals surface area contributed by atoms with E-state index >= 15 is 0 Å². The van der Waals surface area contributed by atoms with Gasteiger partial charge in [-0.3, -0.25) is 5.10 Å². The molecule has 1 N–H and O–H groups in total. The van der Waals surface area contributed by atoms with Gasteiger partial charge in [0.05, 0.1) is 23.5 Å². The maximum atomic E-state index is 5.56. The van der Waals surface area contributed by atoms with Gasteiger partial charge in [-0.25, -0.2) is 9.67 Å². The van der Waals surface area contributed by atoms with Crippen LogP contribution < -0.4 is 0 Å². The van der Waals surface area contributed by atoms with E-state index in [1.54, 1.807) is 7.11 Å². The number of thioether (sulfide) groups is 1. The van der Waals surface area contributed by atoms with Crippen molar-refractivity contribution in [2.45, 2.75) is 31.8 Å². The van der Waals surface area contributed by atoms with Gasteiger partial charge in [0, 0.05) is 31.1 Å². The number of benzene rings is 1. The summed E-state index contributed by atoms with van der Waals surface area (Å²) in [5, 5.41) is 13.0. The van der Waals surface area contributed by atoms with Gasteiger partial charge in [-0.1, -0.05) is 0 Å². The zero-order chi connectivity index (χ0) is 17.2. The number of hydrogen-bond acceptors (Lipinski definition) is 5. The Morgan fingerprint density at radius 2 is 2.28 bits per heavy atom. The highest BCUT2D eigenvalue weighted by molar-refractivity contribution is 7.98. The zero-order valence-corrected chi connectivity index (χ0v) is 15.4. The highest BCUT2D eigenvalue weighted by Crippen LogP contribution is 2.33. The van der Waals surface area contributed by atoms with E-state index in [-0.39, 0.29) is 0 Å². The topological polar surface area (TPSA) is 68.6 Å². The van der Waals surface area contributed by atoms with E-state index in [0.717, 1.165) is 53.3 Å². The predicted octanol–water partition coefficient (Wildman–Crippen LogP) is 3.02. The van der Waals surface area contributed by atoms with Gasteiger partial charge in [0.25, 0.3) is 0 Å². The molecule has 7 heteroatoms. The maximum absolute atomic E-state index is 5.56. The fourth-order valence-electron chi connectivity index (χ4n) is 3.41. The van der Waals surface area contributed by atoms with E-state index in [0.29, 0.717) is 12.0 Å². The summed E-state index contributed by atoms with van der Waals surface area (Å²) < 4.78 is 7.57. The Kier molecular flexibility index (Phi) is 4.76. The monoisotopic (exact) mass is 357 g/mol. The molecule has 0 saturated heterocycles. The SMILES string of the molecule is COC1CCC1Cc1nc(CCSC)nn1-c1ccc2[nH]ncc2c1. The fraction of sp³-hybridized carbons (Fsp3) is 0.500. The Balaban J connectivity index is 1.67. The third kappa shape index (κ3) is 3.30. The van der Waals surface area contributed by atoms with Gasteiger partial charge < -0.3 is 4.74 Å². The van der Waals surface area contributed by atoms with Crippen LogP contribution >= 0.6 is 11.8 Å². The zero-order valence-electron chi connectivity index (χ0n) is 14.6. The van der Waals surface area contributed by atoms with Crippen molar-refractivity contribution >= 4 is 22.7 Å². The normalized spacial score (nSPS) is 20.1. The molecule has 1 aliphatic carbocycles. The molecule has 0 radical (unpaired) electrons. The number of hydrogen-bond donors (Lipinski definition) is 1. The van der Waals surface area contributed by atoms with Crippen LogP contribution in [0.2, 0.25) is 0 Å². The Morgan fingerprint density at radius 1 is 1.36 bits per heavy atom. The average molecular weight is 357 g/mol. The summed E-state index contributed by atoms with van der Waals surface area (Å²) in [7, 11) is 1.80. The summed E-state index contributed by atoms with van der Waals surface area (Å²) in [5.74, 6) is 3.53.